The van der Waals surface area contributed by atoms with Crippen molar-refractivity contribution in [2.75, 3.05) is 0 Å². The summed E-state index contributed by atoms with van der Waals surface area (Å²) in [5.41, 5.74) is -3.22. The molecule has 0 aromatic heterocycles. The van der Waals surface area contributed by atoms with Crippen LogP contribution in [-0.2, 0) is 4.74 Å². The molecule has 0 radical (unpaired) electrons. The third-order valence-electron chi connectivity index (χ3n) is 3.64. The molecule has 1 atom stereocenters. The molecule has 1 aromatic rings. The summed E-state index contributed by atoms with van der Waals surface area (Å²) in [6, 6.07) is 0.477. The molecule has 0 saturated carbocycles. The molecule has 0 saturated heterocycles. The Hall–Kier alpha value is -2.78. The second-order valence-corrected chi connectivity index (χ2v) is 5.87. The van der Waals surface area contributed by atoms with Crippen LogP contribution in [0.4, 0.5) is 43.9 Å². The van der Waals surface area contributed by atoms with Gasteiger partial charge in [0.05, 0.1) is 5.56 Å². The molecule has 1 aromatic carbocycles. The van der Waals surface area contributed by atoms with Gasteiger partial charge >= 0.3 is 42.6 Å². The summed E-state index contributed by atoms with van der Waals surface area (Å²) in [5.74, 6) is -12.5. The van der Waals surface area contributed by atoms with E-state index in [2.05, 4.69) is 9.47 Å². The van der Waals surface area contributed by atoms with Crippen LogP contribution in [0.5, 0.6) is 5.75 Å². The maximum atomic E-state index is 13.9. The number of hydrogen-bond acceptors (Lipinski definition) is 4. The van der Waals surface area contributed by atoms with E-state index in [0.29, 0.717) is 13.0 Å². The lowest BCUT2D eigenvalue weighted by Crippen LogP contribution is -2.56. The highest BCUT2D eigenvalue weighted by atomic mass is 19.4. The quantitative estimate of drug-likeness (QED) is 0.525. The third-order valence-corrected chi connectivity index (χ3v) is 3.64. The third kappa shape index (κ3) is 4.94. The minimum absolute atomic E-state index is 0.303. The van der Waals surface area contributed by atoms with Gasteiger partial charge in [-0.25, -0.2) is 14.0 Å². The zero-order chi connectivity index (χ0) is 24.7. The fourth-order valence-corrected chi connectivity index (χ4v) is 2.20. The van der Waals surface area contributed by atoms with Crippen LogP contribution in [0, 0.1) is 13.8 Å². The van der Waals surface area contributed by atoms with E-state index in [1.165, 1.54) is 0 Å². The summed E-state index contributed by atoms with van der Waals surface area (Å²) in [6.45, 7) is 1.74. The summed E-state index contributed by atoms with van der Waals surface area (Å²) in [5, 5.41) is 18.1. The Morgan fingerprint density at radius 1 is 0.935 bits per heavy atom. The number of benzene rings is 1. The molecule has 6 nitrogen and oxygen atoms in total. The predicted molar refractivity (Wildman–Crippen MR) is 77.3 cm³/mol. The van der Waals surface area contributed by atoms with E-state index in [-0.39, 0.29) is 5.56 Å². The Kier molecular flexibility index (Phi) is 6.82. The van der Waals surface area contributed by atoms with E-state index >= 15 is 0 Å². The molecule has 1 unspecified atom stereocenters. The minimum atomic E-state index is -7.09. The topological polar surface area (TPSA) is 93.1 Å². The highest BCUT2D eigenvalue weighted by Gasteiger charge is 2.76. The minimum Gasteiger partial charge on any atom is -0.478 e. The lowest BCUT2D eigenvalue weighted by molar-refractivity contribution is -0.460. The van der Waals surface area contributed by atoms with Crippen molar-refractivity contribution in [3.05, 3.63) is 28.3 Å². The van der Waals surface area contributed by atoms with Crippen molar-refractivity contribution in [1.82, 2.24) is 0 Å². The van der Waals surface area contributed by atoms with E-state index in [0.717, 1.165) is 6.92 Å². The Morgan fingerprint density at radius 2 is 1.42 bits per heavy atom. The van der Waals surface area contributed by atoms with Gasteiger partial charge in [0.15, 0.2) is 0 Å². The lowest BCUT2D eigenvalue weighted by atomic mass is 9.97. The number of aryl methyl sites for hydroxylation is 1. The molecule has 0 bridgehead atoms. The number of hydrogen-bond donors (Lipinski definition) is 2. The first-order valence-corrected chi connectivity index (χ1v) is 7.49. The van der Waals surface area contributed by atoms with Gasteiger partial charge in [-0.3, -0.25) is 4.74 Å². The normalized spacial score (nSPS) is 14.3. The maximum absolute atomic E-state index is 13.9. The van der Waals surface area contributed by atoms with Crippen LogP contribution < -0.4 is 4.74 Å². The average Bonchev–Trinajstić information content (AvgIpc) is 2.54. The fourth-order valence-electron chi connectivity index (χ4n) is 2.20. The Bertz CT molecular complexity index is 880. The summed E-state index contributed by atoms with van der Waals surface area (Å²) >= 11 is 0. The van der Waals surface area contributed by atoms with Crippen molar-refractivity contribution in [3.8, 4) is 5.75 Å². The van der Waals surface area contributed by atoms with Gasteiger partial charge in [0.25, 0.3) is 0 Å². The zero-order valence-corrected chi connectivity index (χ0v) is 15.0. The predicted octanol–water partition coefficient (Wildman–Crippen LogP) is 4.77. The number of halogens is 10. The van der Waals surface area contributed by atoms with Gasteiger partial charge < -0.3 is 14.9 Å². The van der Waals surface area contributed by atoms with Crippen LogP contribution >= 0.6 is 0 Å². The van der Waals surface area contributed by atoms with Gasteiger partial charge in [0.2, 0.25) is 0 Å². The van der Waals surface area contributed by atoms with Crippen LogP contribution in [0.15, 0.2) is 6.07 Å². The van der Waals surface area contributed by atoms with Gasteiger partial charge in [-0.1, -0.05) is 0 Å². The molecule has 0 amide bonds. The first-order valence-electron chi connectivity index (χ1n) is 7.49. The number of alkyl halides is 10. The van der Waals surface area contributed by atoms with Crippen molar-refractivity contribution in [1.29, 1.82) is 0 Å². The summed E-state index contributed by atoms with van der Waals surface area (Å²) in [6.07, 6.45) is -24.6. The van der Waals surface area contributed by atoms with Crippen LogP contribution in [-0.4, -0.2) is 52.8 Å². The second kappa shape index (κ2) is 8.05. The lowest BCUT2D eigenvalue weighted by Gasteiger charge is -2.31. The molecule has 0 aliphatic carbocycles. The molecule has 2 N–H and O–H groups in total. The van der Waals surface area contributed by atoms with E-state index in [4.69, 9.17) is 10.2 Å². The van der Waals surface area contributed by atoms with Crippen molar-refractivity contribution < 1.29 is 73.2 Å². The van der Waals surface area contributed by atoms with Crippen LogP contribution in [0.3, 0.4) is 0 Å². The van der Waals surface area contributed by atoms with E-state index in [1.807, 2.05) is 0 Å². The summed E-state index contributed by atoms with van der Waals surface area (Å²) < 4.78 is 135. The fraction of sp³-hybridized carbons (Fsp3) is 0.467. The monoisotopic (exact) mass is 476 g/mol. The maximum Gasteiger partial charge on any atom is 0.462 e. The van der Waals surface area contributed by atoms with Gasteiger partial charge in [-0.05, 0) is 25.5 Å². The van der Waals surface area contributed by atoms with E-state index < -0.39 is 65.1 Å². The number of rotatable bonds is 8. The van der Waals surface area contributed by atoms with Gasteiger partial charge in [0, 0.05) is 5.56 Å². The number of carbonyl (C=O) groups is 2. The zero-order valence-electron chi connectivity index (χ0n) is 15.0. The SMILES string of the molecule is Cc1cc(C(=O)O)c(OC(F)(F)C(F)OC(F)(F)C(F)(F)C(F)(F)F)c(C)c1C(=O)O. The Morgan fingerprint density at radius 3 is 1.81 bits per heavy atom. The smallest absolute Gasteiger partial charge is 0.462 e. The van der Waals surface area contributed by atoms with E-state index in [9.17, 15) is 53.5 Å². The van der Waals surface area contributed by atoms with Crippen molar-refractivity contribution in [2.45, 2.75) is 44.5 Å². The van der Waals surface area contributed by atoms with Gasteiger partial charge in [0.1, 0.15) is 11.3 Å². The largest absolute Gasteiger partial charge is 0.478 e. The molecule has 31 heavy (non-hydrogen) atoms. The van der Waals surface area contributed by atoms with Crippen molar-refractivity contribution in [2.24, 2.45) is 0 Å². The van der Waals surface area contributed by atoms with E-state index in [1.54, 1.807) is 0 Å². The van der Waals surface area contributed by atoms with Crippen molar-refractivity contribution in [3.63, 3.8) is 0 Å². The van der Waals surface area contributed by atoms with Crippen LogP contribution in [0.25, 0.3) is 0 Å². The van der Waals surface area contributed by atoms with Crippen LogP contribution in [0.1, 0.15) is 31.8 Å². The first kappa shape index (κ1) is 26.3. The van der Waals surface area contributed by atoms with Gasteiger partial charge in [-0.2, -0.15) is 39.5 Å². The molecule has 0 aliphatic rings. The number of carboxylic acids is 2. The highest BCUT2D eigenvalue weighted by Crippen LogP contribution is 2.48. The molecule has 0 spiro atoms. The highest BCUT2D eigenvalue weighted by molar-refractivity contribution is 5.97. The number of carboxylic acid groups (broad SMARTS) is 2. The molecule has 176 valence electrons. The Balaban J connectivity index is 3.41. The number of ether oxygens (including phenoxy) is 2. The standard InChI is InChI=1S/C15H10F10O6/c1-4-3-6(9(26)27)8(5(2)7(4)10(28)29)30-12(17,18)11(16)31-15(24,25)13(19,20)14(21,22)23/h3,11H,1-2H3,(H,26,27)(H,28,29). The molecular weight excluding hydrogens is 466 g/mol. The second-order valence-electron chi connectivity index (χ2n) is 5.87. The van der Waals surface area contributed by atoms with Crippen LogP contribution in [0.2, 0.25) is 0 Å². The average molecular weight is 476 g/mol. The molecule has 0 heterocycles. The summed E-state index contributed by atoms with van der Waals surface area (Å²) in [7, 11) is 0. The Labute approximate surface area is 165 Å². The summed E-state index contributed by atoms with van der Waals surface area (Å²) in [4.78, 5) is 22.4. The molecule has 0 aliphatic heterocycles. The van der Waals surface area contributed by atoms with Gasteiger partial charge in [-0.15, -0.1) is 0 Å². The van der Waals surface area contributed by atoms with Crippen molar-refractivity contribution >= 4 is 11.9 Å². The first-order chi connectivity index (χ1) is 13.7. The number of aromatic carboxylic acids is 2. The molecular formula is C15H10F10O6. The molecule has 0 fully saturated rings. The molecule has 1 rings (SSSR count). The molecule has 16 heteroatoms.